The molecule has 98 valence electrons. The van der Waals surface area contributed by atoms with Crippen molar-refractivity contribution in [3.8, 4) is 0 Å². The molecule has 1 aliphatic rings. The molecule has 1 heterocycles. The number of carbonyl (C=O) groups excluding carboxylic acids is 1. The van der Waals surface area contributed by atoms with Gasteiger partial charge in [0.2, 0.25) is 5.91 Å². The van der Waals surface area contributed by atoms with Gasteiger partial charge in [-0.25, -0.2) is 4.79 Å². The standard InChI is InChI=1S/C12H21NO4/c1-4-8(2)5-11(14)13-6-9(3)17-10(7-13)12(15)16/h8-10H,4-7H2,1-3H3,(H,15,16)/t8?,9-,10?/m1/s1. The fourth-order valence-corrected chi connectivity index (χ4v) is 1.86. The molecular formula is C12H21NO4. The van der Waals surface area contributed by atoms with Crippen molar-refractivity contribution in [1.29, 1.82) is 0 Å². The third-order valence-corrected chi connectivity index (χ3v) is 3.11. The van der Waals surface area contributed by atoms with E-state index < -0.39 is 12.1 Å². The maximum Gasteiger partial charge on any atom is 0.334 e. The number of ether oxygens (including phenoxy) is 1. The Morgan fingerprint density at radius 2 is 2.12 bits per heavy atom. The largest absolute Gasteiger partial charge is 0.479 e. The molecule has 1 N–H and O–H groups in total. The minimum atomic E-state index is -1.00. The lowest BCUT2D eigenvalue weighted by Crippen LogP contribution is -2.52. The molecule has 17 heavy (non-hydrogen) atoms. The second kappa shape index (κ2) is 6.00. The number of hydrogen-bond donors (Lipinski definition) is 1. The Balaban J connectivity index is 2.57. The van der Waals surface area contributed by atoms with Crippen molar-refractivity contribution in [1.82, 2.24) is 4.90 Å². The average molecular weight is 243 g/mol. The van der Waals surface area contributed by atoms with E-state index in [1.54, 1.807) is 11.8 Å². The Hall–Kier alpha value is -1.10. The highest BCUT2D eigenvalue weighted by atomic mass is 16.5. The van der Waals surface area contributed by atoms with E-state index in [9.17, 15) is 9.59 Å². The molecule has 2 unspecified atom stereocenters. The highest BCUT2D eigenvalue weighted by molar-refractivity contribution is 5.78. The van der Waals surface area contributed by atoms with Crippen LogP contribution in [0.2, 0.25) is 0 Å². The first-order chi connectivity index (χ1) is 7.93. The van der Waals surface area contributed by atoms with Gasteiger partial charge in [0.1, 0.15) is 0 Å². The van der Waals surface area contributed by atoms with Crippen molar-refractivity contribution < 1.29 is 19.4 Å². The molecule has 1 fully saturated rings. The summed E-state index contributed by atoms with van der Waals surface area (Å²) >= 11 is 0. The molecule has 1 amide bonds. The summed E-state index contributed by atoms with van der Waals surface area (Å²) in [5.41, 5.74) is 0. The zero-order valence-corrected chi connectivity index (χ0v) is 10.7. The van der Waals surface area contributed by atoms with Crippen LogP contribution >= 0.6 is 0 Å². The lowest BCUT2D eigenvalue weighted by atomic mass is 10.0. The molecular weight excluding hydrogens is 222 g/mol. The number of hydrogen-bond acceptors (Lipinski definition) is 3. The molecule has 1 rings (SSSR count). The van der Waals surface area contributed by atoms with Gasteiger partial charge in [-0.05, 0) is 12.8 Å². The Kier molecular flexibility index (Phi) is 4.93. The van der Waals surface area contributed by atoms with E-state index in [-0.39, 0.29) is 18.6 Å². The minimum absolute atomic E-state index is 0.0285. The molecule has 1 saturated heterocycles. The summed E-state index contributed by atoms with van der Waals surface area (Å²) in [5.74, 6) is -0.637. The second-order valence-electron chi connectivity index (χ2n) is 4.79. The van der Waals surface area contributed by atoms with Crippen molar-refractivity contribution in [2.24, 2.45) is 5.92 Å². The van der Waals surface area contributed by atoms with E-state index in [1.807, 2.05) is 13.8 Å². The first-order valence-electron chi connectivity index (χ1n) is 6.10. The van der Waals surface area contributed by atoms with Gasteiger partial charge in [0.15, 0.2) is 6.10 Å². The van der Waals surface area contributed by atoms with Gasteiger partial charge in [0.25, 0.3) is 0 Å². The van der Waals surface area contributed by atoms with Gasteiger partial charge in [-0.15, -0.1) is 0 Å². The third-order valence-electron chi connectivity index (χ3n) is 3.11. The lowest BCUT2D eigenvalue weighted by Gasteiger charge is -2.35. The van der Waals surface area contributed by atoms with Crippen molar-refractivity contribution >= 4 is 11.9 Å². The number of rotatable bonds is 4. The molecule has 5 nitrogen and oxygen atoms in total. The van der Waals surface area contributed by atoms with Crippen LogP contribution < -0.4 is 0 Å². The van der Waals surface area contributed by atoms with Gasteiger partial charge >= 0.3 is 5.97 Å². The Bertz CT molecular complexity index is 292. The van der Waals surface area contributed by atoms with E-state index in [4.69, 9.17) is 9.84 Å². The van der Waals surface area contributed by atoms with Gasteiger partial charge in [-0.2, -0.15) is 0 Å². The molecule has 0 aromatic rings. The van der Waals surface area contributed by atoms with E-state index >= 15 is 0 Å². The van der Waals surface area contributed by atoms with Crippen molar-refractivity contribution in [2.45, 2.75) is 45.8 Å². The van der Waals surface area contributed by atoms with E-state index in [0.29, 0.717) is 18.9 Å². The number of aliphatic carboxylic acids is 1. The van der Waals surface area contributed by atoms with Crippen LogP contribution in [0, 0.1) is 5.92 Å². The molecule has 0 bridgehead atoms. The molecule has 3 atom stereocenters. The van der Waals surface area contributed by atoms with Crippen LogP contribution in [-0.4, -0.2) is 47.2 Å². The van der Waals surface area contributed by atoms with Crippen molar-refractivity contribution in [2.75, 3.05) is 13.1 Å². The fraction of sp³-hybridized carbons (Fsp3) is 0.833. The normalized spacial score (nSPS) is 26.6. The average Bonchev–Trinajstić information content (AvgIpc) is 2.27. The Labute approximate surface area is 102 Å². The van der Waals surface area contributed by atoms with Crippen LogP contribution in [0.3, 0.4) is 0 Å². The van der Waals surface area contributed by atoms with Gasteiger partial charge < -0.3 is 14.7 Å². The number of carboxylic acid groups (broad SMARTS) is 1. The third kappa shape index (κ3) is 4.00. The van der Waals surface area contributed by atoms with Gasteiger partial charge in [0.05, 0.1) is 12.6 Å². The number of amides is 1. The Morgan fingerprint density at radius 1 is 1.47 bits per heavy atom. The summed E-state index contributed by atoms with van der Waals surface area (Å²) in [7, 11) is 0. The van der Waals surface area contributed by atoms with Gasteiger partial charge in [0, 0.05) is 13.0 Å². The summed E-state index contributed by atoms with van der Waals surface area (Å²) in [6.45, 7) is 6.50. The quantitative estimate of drug-likeness (QED) is 0.803. The van der Waals surface area contributed by atoms with Crippen LogP contribution in [0.25, 0.3) is 0 Å². The van der Waals surface area contributed by atoms with Crippen LogP contribution in [0.1, 0.15) is 33.6 Å². The predicted molar refractivity (Wildman–Crippen MR) is 62.6 cm³/mol. The van der Waals surface area contributed by atoms with E-state index in [0.717, 1.165) is 6.42 Å². The monoisotopic (exact) mass is 243 g/mol. The smallest absolute Gasteiger partial charge is 0.334 e. The first-order valence-corrected chi connectivity index (χ1v) is 6.10. The summed E-state index contributed by atoms with van der Waals surface area (Å²) in [6, 6.07) is 0. The van der Waals surface area contributed by atoms with E-state index in [2.05, 4.69) is 0 Å². The SMILES string of the molecule is CCC(C)CC(=O)N1CC(C(=O)O)O[C@H](C)C1. The molecule has 5 heteroatoms. The fourth-order valence-electron chi connectivity index (χ4n) is 1.86. The highest BCUT2D eigenvalue weighted by Crippen LogP contribution is 2.15. The zero-order valence-electron chi connectivity index (χ0n) is 10.7. The van der Waals surface area contributed by atoms with Crippen LogP contribution in [0.15, 0.2) is 0 Å². The van der Waals surface area contributed by atoms with Crippen LogP contribution in [0.5, 0.6) is 0 Å². The van der Waals surface area contributed by atoms with Gasteiger partial charge in [-0.1, -0.05) is 20.3 Å². The summed E-state index contributed by atoms with van der Waals surface area (Å²) in [5, 5.41) is 8.92. The molecule has 0 spiro atoms. The topological polar surface area (TPSA) is 66.8 Å². The molecule has 0 aromatic heterocycles. The predicted octanol–water partition coefficient (Wildman–Crippen LogP) is 1.12. The first kappa shape index (κ1) is 14.0. The summed E-state index contributed by atoms with van der Waals surface area (Å²) in [6.07, 6.45) is 0.328. The molecule has 0 saturated carbocycles. The van der Waals surface area contributed by atoms with Crippen molar-refractivity contribution in [3.63, 3.8) is 0 Å². The Morgan fingerprint density at radius 3 is 2.65 bits per heavy atom. The van der Waals surface area contributed by atoms with E-state index in [1.165, 1.54) is 0 Å². The van der Waals surface area contributed by atoms with Crippen molar-refractivity contribution in [3.05, 3.63) is 0 Å². The zero-order chi connectivity index (χ0) is 13.0. The number of morpholine rings is 1. The highest BCUT2D eigenvalue weighted by Gasteiger charge is 2.32. The maximum atomic E-state index is 12.0. The molecule has 1 aliphatic heterocycles. The van der Waals surface area contributed by atoms with Gasteiger partial charge in [-0.3, -0.25) is 4.79 Å². The lowest BCUT2D eigenvalue weighted by molar-refractivity contribution is -0.166. The molecule has 0 aromatic carbocycles. The number of carboxylic acids is 1. The second-order valence-corrected chi connectivity index (χ2v) is 4.79. The van der Waals surface area contributed by atoms with Crippen LogP contribution in [0.4, 0.5) is 0 Å². The molecule has 0 aliphatic carbocycles. The van der Waals surface area contributed by atoms with Crippen LogP contribution in [-0.2, 0) is 14.3 Å². The maximum absolute atomic E-state index is 12.0. The number of carbonyl (C=O) groups is 2. The minimum Gasteiger partial charge on any atom is -0.479 e. The summed E-state index contributed by atoms with van der Waals surface area (Å²) in [4.78, 5) is 24.5. The number of nitrogens with zero attached hydrogens (tertiary/aromatic N) is 1. The molecule has 0 radical (unpaired) electrons. The summed E-state index contributed by atoms with van der Waals surface area (Å²) < 4.78 is 5.27.